The molecule has 0 aromatic carbocycles. The van der Waals surface area contributed by atoms with Gasteiger partial charge in [0, 0.05) is 42.3 Å². The van der Waals surface area contributed by atoms with Gasteiger partial charge in [0.25, 0.3) is 0 Å². The van der Waals surface area contributed by atoms with Gasteiger partial charge in [-0.05, 0) is 29.8 Å². The Kier molecular flexibility index (Phi) is 3.51. The summed E-state index contributed by atoms with van der Waals surface area (Å²) in [6.07, 6.45) is 7.09. The Labute approximate surface area is 138 Å². The quantitative estimate of drug-likeness (QED) is 0.534. The molecule has 0 atom stereocenters. The van der Waals surface area contributed by atoms with Crippen LogP contribution in [0.4, 0.5) is 11.8 Å². The highest BCUT2D eigenvalue weighted by Crippen LogP contribution is 2.28. The highest BCUT2D eigenvalue weighted by atomic mass is 15.0. The Morgan fingerprint density at radius 3 is 2.92 bits per heavy atom. The van der Waals surface area contributed by atoms with Crippen molar-refractivity contribution in [2.24, 2.45) is 0 Å². The molecule has 0 amide bonds. The van der Waals surface area contributed by atoms with Crippen molar-refractivity contribution in [2.75, 3.05) is 11.1 Å². The number of H-pyrrole nitrogens is 1. The number of pyridine rings is 2. The molecular weight excluding hydrogens is 302 g/mol. The molecule has 7 heteroatoms. The fourth-order valence-electron chi connectivity index (χ4n) is 2.56. The van der Waals surface area contributed by atoms with E-state index in [9.17, 15) is 0 Å². The molecule has 0 saturated heterocycles. The second-order valence-corrected chi connectivity index (χ2v) is 5.31. The molecule has 4 aromatic rings. The van der Waals surface area contributed by atoms with E-state index in [2.05, 4.69) is 30.2 Å². The standard InChI is InChI=1S/C17H15N7/c18-17-21-7-4-14(23-17)13-8-15(24-16-12(13)3-6-20-16)22-10-11-2-1-5-19-9-11/h1-9H,10H2,(H2,18,21,23)(H2,20,22,24). The van der Waals surface area contributed by atoms with Crippen LogP contribution in [0.15, 0.2) is 55.1 Å². The number of hydrogen-bond donors (Lipinski definition) is 3. The minimum atomic E-state index is 0.248. The van der Waals surface area contributed by atoms with Crippen LogP contribution in [0.2, 0.25) is 0 Å². The minimum Gasteiger partial charge on any atom is -0.368 e. The van der Waals surface area contributed by atoms with Crippen LogP contribution >= 0.6 is 0 Å². The molecule has 7 nitrogen and oxygen atoms in total. The minimum absolute atomic E-state index is 0.248. The van der Waals surface area contributed by atoms with E-state index >= 15 is 0 Å². The van der Waals surface area contributed by atoms with Crippen molar-refractivity contribution in [1.29, 1.82) is 0 Å². The summed E-state index contributed by atoms with van der Waals surface area (Å²) in [7, 11) is 0. The largest absolute Gasteiger partial charge is 0.368 e. The highest BCUT2D eigenvalue weighted by Gasteiger charge is 2.10. The maximum Gasteiger partial charge on any atom is 0.220 e. The van der Waals surface area contributed by atoms with Gasteiger partial charge < -0.3 is 16.0 Å². The van der Waals surface area contributed by atoms with Gasteiger partial charge in [0.15, 0.2) is 0 Å². The second kappa shape index (κ2) is 5.96. The van der Waals surface area contributed by atoms with Gasteiger partial charge >= 0.3 is 0 Å². The first-order valence-electron chi connectivity index (χ1n) is 7.49. The third-order valence-electron chi connectivity index (χ3n) is 3.68. The Hall–Kier alpha value is -3.48. The first-order valence-corrected chi connectivity index (χ1v) is 7.49. The SMILES string of the molecule is Nc1nccc(-c2cc(NCc3cccnc3)nc3[nH]ccc23)n1. The number of nitrogens with zero attached hydrogens (tertiary/aromatic N) is 4. The molecule has 0 radical (unpaired) electrons. The van der Waals surface area contributed by atoms with Gasteiger partial charge in [0.2, 0.25) is 5.95 Å². The molecular formula is C17H15N7. The average molecular weight is 317 g/mol. The summed E-state index contributed by atoms with van der Waals surface area (Å²) >= 11 is 0. The van der Waals surface area contributed by atoms with Gasteiger partial charge in [-0.15, -0.1) is 0 Å². The van der Waals surface area contributed by atoms with Crippen LogP contribution in [0, 0.1) is 0 Å². The number of aromatic nitrogens is 5. The molecule has 0 bridgehead atoms. The van der Waals surface area contributed by atoms with Crippen molar-refractivity contribution in [1.82, 2.24) is 24.9 Å². The average Bonchev–Trinajstić information content (AvgIpc) is 3.08. The maximum absolute atomic E-state index is 5.72. The van der Waals surface area contributed by atoms with Gasteiger partial charge in [0.1, 0.15) is 11.5 Å². The molecule has 4 rings (SSSR count). The molecule has 4 heterocycles. The number of nitrogens with two attached hydrogens (primary N) is 1. The number of nitrogens with one attached hydrogen (secondary N) is 2. The second-order valence-electron chi connectivity index (χ2n) is 5.31. The van der Waals surface area contributed by atoms with Gasteiger partial charge in [-0.25, -0.2) is 15.0 Å². The summed E-state index contributed by atoms with van der Waals surface area (Å²) in [5, 5.41) is 4.31. The Balaban J connectivity index is 1.72. The van der Waals surface area contributed by atoms with Crippen molar-refractivity contribution in [3.05, 3.63) is 60.7 Å². The fraction of sp³-hybridized carbons (Fsp3) is 0.0588. The van der Waals surface area contributed by atoms with E-state index in [1.54, 1.807) is 12.4 Å². The zero-order valence-corrected chi connectivity index (χ0v) is 12.8. The summed E-state index contributed by atoms with van der Waals surface area (Å²) in [6.45, 7) is 0.637. The summed E-state index contributed by atoms with van der Waals surface area (Å²) in [6, 6.07) is 9.70. The van der Waals surface area contributed by atoms with E-state index < -0.39 is 0 Å². The maximum atomic E-state index is 5.72. The predicted molar refractivity (Wildman–Crippen MR) is 93.1 cm³/mol. The highest BCUT2D eigenvalue weighted by molar-refractivity contribution is 5.93. The van der Waals surface area contributed by atoms with Crippen LogP contribution in [0.3, 0.4) is 0 Å². The van der Waals surface area contributed by atoms with Crippen LogP contribution in [0.25, 0.3) is 22.3 Å². The van der Waals surface area contributed by atoms with E-state index in [4.69, 9.17) is 5.73 Å². The molecule has 0 spiro atoms. The zero-order valence-electron chi connectivity index (χ0n) is 12.8. The Morgan fingerprint density at radius 1 is 1.12 bits per heavy atom. The molecule has 0 aliphatic rings. The topological polar surface area (TPSA) is 105 Å². The number of aromatic amines is 1. The van der Waals surface area contributed by atoms with Crippen LogP contribution in [0.1, 0.15) is 5.56 Å². The normalized spacial score (nSPS) is 10.8. The number of hydrogen-bond acceptors (Lipinski definition) is 6. The lowest BCUT2D eigenvalue weighted by atomic mass is 10.1. The van der Waals surface area contributed by atoms with Crippen molar-refractivity contribution in [3.63, 3.8) is 0 Å². The first kappa shape index (κ1) is 14.1. The summed E-state index contributed by atoms with van der Waals surface area (Å²) in [5.41, 5.74) is 9.30. The molecule has 0 fully saturated rings. The van der Waals surface area contributed by atoms with Crippen LogP contribution < -0.4 is 11.1 Å². The van der Waals surface area contributed by atoms with Crippen molar-refractivity contribution in [2.45, 2.75) is 6.54 Å². The first-order chi connectivity index (χ1) is 11.8. The van der Waals surface area contributed by atoms with E-state index in [1.807, 2.05) is 42.7 Å². The summed E-state index contributed by atoms with van der Waals surface area (Å²) in [5.74, 6) is 0.999. The molecule has 0 unspecified atom stereocenters. The molecule has 0 saturated carbocycles. The van der Waals surface area contributed by atoms with Crippen LogP contribution in [-0.4, -0.2) is 24.9 Å². The lowest BCUT2D eigenvalue weighted by Gasteiger charge is -2.09. The van der Waals surface area contributed by atoms with Gasteiger partial charge in [-0.2, -0.15) is 0 Å². The molecule has 118 valence electrons. The fourth-order valence-corrected chi connectivity index (χ4v) is 2.56. The van der Waals surface area contributed by atoms with Crippen LogP contribution in [-0.2, 0) is 6.54 Å². The molecule has 0 aliphatic heterocycles. The third kappa shape index (κ3) is 2.74. The summed E-state index contributed by atoms with van der Waals surface area (Å²) in [4.78, 5) is 20.1. The smallest absolute Gasteiger partial charge is 0.220 e. The lowest BCUT2D eigenvalue weighted by molar-refractivity contribution is 1.09. The monoisotopic (exact) mass is 317 g/mol. The van der Waals surface area contributed by atoms with E-state index in [1.165, 1.54) is 0 Å². The van der Waals surface area contributed by atoms with E-state index in [0.29, 0.717) is 6.54 Å². The zero-order chi connectivity index (χ0) is 16.4. The molecule has 24 heavy (non-hydrogen) atoms. The van der Waals surface area contributed by atoms with E-state index in [0.717, 1.165) is 33.7 Å². The van der Waals surface area contributed by atoms with Gasteiger partial charge in [0.05, 0.1) is 5.69 Å². The summed E-state index contributed by atoms with van der Waals surface area (Å²) < 4.78 is 0. The lowest BCUT2D eigenvalue weighted by Crippen LogP contribution is -2.03. The van der Waals surface area contributed by atoms with Crippen molar-refractivity contribution in [3.8, 4) is 11.3 Å². The number of nitrogen functional groups attached to an aromatic ring is 1. The molecule has 4 N–H and O–H groups in total. The Bertz CT molecular complexity index is 979. The predicted octanol–water partition coefficient (Wildman–Crippen LogP) is 2.61. The Morgan fingerprint density at radius 2 is 2.08 bits per heavy atom. The number of anilines is 2. The number of fused-ring (bicyclic) bond motifs is 1. The van der Waals surface area contributed by atoms with E-state index in [-0.39, 0.29) is 5.95 Å². The van der Waals surface area contributed by atoms with Crippen molar-refractivity contribution >= 4 is 22.8 Å². The van der Waals surface area contributed by atoms with Gasteiger partial charge in [-0.3, -0.25) is 4.98 Å². The third-order valence-corrected chi connectivity index (χ3v) is 3.68. The molecule has 4 aromatic heterocycles. The van der Waals surface area contributed by atoms with Gasteiger partial charge in [-0.1, -0.05) is 6.07 Å². The van der Waals surface area contributed by atoms with Crippen LogP contribution in [0.5, 0.6) is 0 Å². The number of rotatable bonds is 4. The molecule has 0 aliphatic carbocycles. The van der Waals surface area contributed by atoms with Crippen molar-refractivity contribution < 1.29 is 0 Å².